The Balaban J connectivity index is 1.72. The van der Waals surface area contributed by atoms with Crippen LogP contribution >= 0.6 is 0 Å². The summed E-state index contributed by atoms with van der Waals surface area (Å²) in [5.41, 5.74) is 1.38. The number of benzene rings is 1. The Bertz CT molecular complexity index is 1200. The lowest BCUT2D eigenvalue weighted by Gasteiger charge is -2.10. The van der Waals surface area contributed by atoms with Crippen LogP contribution in [-0.2, 0) is 37.4 Å². The largest absolute Gasteiger partial charge is 0.459 e. The molecular weight excluding hydrogens is 542 g/mol. The van der Waals surface area contributed by atoms with Crippen molar-refractivity contribution in [3.05, 3.63) is 59.4 Å². The smallest absolute Gasteiger partial charge is 0.306 e. The number of unbranched alkanes of at least 4 members (excludes halogenated alkanes) is 8. The van der Waals surface area contributed by atoms with Crippen LogP contribution in [0.5, 0.6) is 0 Å². The normalized spacial score (nSPS) is 11.3. The van der Waals surface area contributed by atoms with E-state index in [4.69, 9.17) is 4.74 Å². The topological polar surface area (TPSA) is 132 Å². The van der Waals surface area contributed by atoms with Gasteiger partial charge in [-0.2, -0.15) is 0 Å². The van der Waals surface area contributed by atoms with E-state index in [1.54, 1.807) is 12.1 Å². The summed E-state index contributed by atoms with van der Waals surface area (Å²) in [6, 6.07) is 9.09. The van der Waals surface area contributed by atoms with E-state index < -0.39 is 15.9 Å². The van der Waals surface area contributed by atoms with Crippen LogP contribution in [0.1, 0.15) is 107 Å². The molecule has 0 spiro atoms. The number of amides is 2. The highest BCUT2D eigenvalue weighted by Crippen LogP contribution is 2.13. The van der Waals surface area contributed by atoms with Crippen LogP contribution in [-0.4, -0.2) is 37.7 Å². The first-order valence-electron chi connectivity index (χ1n) is 14.7. The van der Waals surface area contributed by atoms with E-state index in [-0.39, 0.29) is 34.9 Å². The van der Waals surface area contributed by atoms with E-state index in [0.717, 1.165) is 24.8 Å². The number of carbonyl (C=O) groups is 3. The number of nitrogens with zero attached hydrogens (tertiary/aromatic N) is 1. The van der Waals surface area contributed by atoms with Gasteiger partial charge in [0.2, 0.25) is 5.91 Å². The fraction of sp³-hybridized carbons (Fsp3) is 0.548. The number of carbonyl (C=O) groups excluding carboxylic acids is 3. The van der Waals surface area contributed by atoms with Crippen LogP contribution in [0.3, 0.4) is 0 Å². The Morgan fingerprint density at radius 1 is 0.878 bits per heavy atom. The highest BCUT2D eigenvalue weighted by atomic mass is 32.2. The van der Waals surface area contributed by atoms with Gasteiger partial charge in [-0.25, -0.2) is 13.1 Å². The molecule has 10 heteroatoms. The quantitative estimate of drug-likeness (QED) is 0.164. The van der Waals surface area contributed by atoms with Gasteiger partial charge in [0.15, 0.2) is 0 Å². The second kappa shape index (κ2) is 18.2. The molecule has 0 aliphatic heterocycles. The number of hydrogen-bond acceptors (Lipinski definition) is 7. The predicted molar refractivity (Wildman–Crippen MR) is 159 cm³/mol. The Morgan fingerprint density at radius 3 is 2.10 bits per heavy atom. The van der Waals surface area contributed by atoms with E-state index in [0.29, 0.717) is 25.1 Å². The van der Waals surface area contributed by atoms with Crippen LogP contribution in [0.2, 0.25) is 0 Å². The molecule has 0 aliphatic carbocycles. The number of rotatable bonds is 19. The highest BCUT2D eigenvalue weighted by Gasteiger charge is 2.19. The molecule has 2 amide bonds. The third-order valence-corrected chi connectivity index (χ3v) is 8.00. The Kier molecular flexibility index (Phi) is 15.1. The summed E-state index contributed by atoms with van der Waals surface area (Å²) in [5.74, 6) is -1.24. The summed E-state index contributed by atoms with van der Waals surface area (Å²) in [6.07, 6.45) is 12.7. The molecular formula is C31H45N3O6S. The molecule has 0 bridgehead atoms. The lowest BCUT2D eigenvalue weighted by atomic mass is 10.1. The summed E-state index contributed by atoms with van der Waals surface area (Å²) < 4.78 is 32.7. The summed E-state index contributed by atoms with van der Waals surface area (Å²) in [6.45, 7) is 6.27. The highest BCUT2D eigenvalue weighted by molar-refractivity contribution is 7.90. The van der Waals surface area contributed by atoms with Crippen molar-refractivity contribution in [2.24, 2.45) is 5.92 Å². The lowest BCUT2D eigenvalue weighted by Crippen LogP contribution is -2.30. The SMILES string of the molecule is CCCCCCCCCCCC(=O)OCc1ccc(C(=O)NS(=O)(=O)c2ccc(CCNC(=O)C(C)C)cc2)cn1. The first-order chi connectivity index (χ1) is 19.6. The second-order valence-corrected chi connectivity index (χ2v) is 12.2. The molecule has 0 atom stereocenters. The molecule has 2 aromatic rings. The van der Waals surface area contributed by atoms with Gasteiger partial charge in [0.1, 0.15) is 6.61 Å². The van der Waals surface area contributed by atoms with E-state index in [1.807, 2.05) is 18.6 Å². The minimum atomic E-state index is -4.09. The third kappa shape index (κ3) is 13.3. The summed E-state index contributed by atoms with van der Waals surface area (Å²) in [7, 11) is -4.09. The van der Waals surface area contributed by atoms with Gasteiger partial charge in [-0.1, -0.05) is 84.3 Å². The zero-order chi connectivity index (χ0) is 30.1. The number of hydrogen-bond donors (Lipinski definition) is 2. The molecule has 0 saturated heterocycles. The molecule has 1 aromatic carbocycles. The van der Waals surface area contributed by atoms with Crippen LogP contribution in [0.25, 0.3) is 0 Å². The number of pyridine rings is 1. The minimum absolute atomic E-state index is 0.00996. The summed E-state index contributed by atoms with van der Waals surface area (Å²) in [5, 5.41) is 2.81. The van der Waals surface area contributed by atoms with Gasteiger partial charge >= 0.3 is 5.97 Å². The number of nitrogens with one attached hydrogen (secondary N) is 2. The fourth-order valence-electron chi connectivity index (χ4n) is 4.06. The fourth-order valence-corrected chi connectivity index (χ4v) is 5.03. The van der Waals surface area contributed by atoms with Gasteiger partial charge in [-0.3, -0.25) is 19.4 Å². The Hall–Kier alpha value is -3.27. The minimum Gasteiger partial charge on any atom is -0.459 e. The van der Waals surface area contributed by atoms with Crippen LogP contribution in [0, 0.1) is 5.92 Å². The standard InChI is InChI=1S/C31H45N3O6S/c1-4-5-6-7-8-9-10-11-12-13-29(35)40-23-27-17-16-26(22-33-27)31(37)34-41(38,39)28-18-14-25(15-19-28)20-21-32-30(36)24(2)3/h14-19,22,24H,4-13,20-21,23H2,1-3H3,(H,32,36)(H,34,37). The first-order valence-corrected chi connectivity index (χ1v) is 16.1. The lowest BCUT2D eigenvalue weighted by molar-refractivity contribution is -0.145. The number of esters is 1. The Morgan fingerprint density at radius 2 is 1.51 bits per heavy atom. The van der Waals surface area contributed by atoms with Crippen molar-refractivity contribution in [3.8, 4) is 0 Å². The van der Waals surface area contributed by atoms with Gasteiger partial charge in [0.05, 0.1) is 16.2 Å². The maximum absolute atomic E-state index is 12.7. The molecule has 0 radical (unpaired) electrons. The molecule has 2 rings (SSSR count). The van der Waals surface area contributed by atoms with E-state index in [9.17, 15) is 22.8 Å². The van der Waals surface area contributed by atoms with Crippen molar-refractivity contribution in [3.63, 3.8) is 0 Å². The van der Waals surface area contributed by atoms with E-state index >= 15 is 0 Å². The van der Waals surface area contributed by atoms with Crippen molar-refractivity contribution in [1.29, 1.82) is 0 Å². The number of aromatic nitrogens is 1. The second-order valence-electron chi connectivity index (χ2n) is 10.6. The van der Waals surface area contributed by atoms with E-state index in [1.165, 1.54) is 69.0 Å². The van der Waals surface area contributed by atoms with Gasteiger partial charge in [0, 0.05) is 25.1 Å². The van der Waals surface area contributed by atoms with Gasteiger partial charge in [-0.15, -0.1) is 0 Å². The maximum atomic E-state index is 12.7. The van der Waals surface area contributed by atoms with Gasteiger partial charge in [0.25, 0.3) is 15.9 Å². The molecule has 0 unspecified atom stereocenters. The average molecular weight is 588 g/mol. The van der Waals surface area contributed by atoms with E-state index in [2.05, 4.69) is 17.2 Å². The van der Waals surface area contributed by atoms with Gasteiger partial charge in [-0.05, 0) is 42.7 Å². The molecule has 1 aromatic heterocycles. The van der Waals surface area contributed by atoms with Crippen molar-refractivity contribution in [2.75, 3.05) is 6.54 Å². The van der Waals surface area contributed by atoms with Crippen LogP contribution in [0.15, 0.2) is 47.5 Å². The Labute approximate surface area is 244 Å². The van der Waals surface area contributed by atoms with Crippen molar-refractivity contribution < 1.29 is 27.5 Å². The van der Waals surface area contributed by atoms with Crippen LogP contribution < -0.4 is 10.0 Å². The van der Waals surface area contributed by atoms with Crippen molar-refractivity contribution in [2.45, 2.75) is 103 Å². The third-order valence-electron chi connectivity index (χ3n) is 6.65. The molecule has 1 heterocycles. The summed E-state index contributed by atoms with van der Waals surface area (Å²) in [4.78, 5) is 40.3. The van der Waals surface area contributed by atoms with Crippen molar-refractivity contribution >= 4 is 27.8 Å². The van der Waals surface area contributed by atoms with Gasteiger partial charge < -0.3 is 10.1 Å². The zero-order valence-corrected chi connectivity index (χ0v) is 25.4. The zero-order valence-electron chi connectivity index (χ0n) is 24.6. The predicted octanol–water partition coefficient (Wildman–Crippen LogP) is 5.48. The monoisotopic (exact) mass is 587 g/mol. The maximum Gasteiger partial charge on any atom is 0.306 e. The molecule has 41 heavy (non-hydrogen) atoms. The number of ether oxygens (including phenoxy) is 1. The molecule has 2 N–H and O–H groups in total. The average Bonchev–Trinajstić information content (AvgIpc) is 2.95. The molecule has 0 saturated carbocycles. The summed E-state index contributed by atoms with van der Waals surface area (Å²) >= 11 is 0. The van der Waals surface area contributed by atoms with Crippen molar-refractivity contribution in [1.82, 2.24) is 15.0 Å². The number of sulfonamides is 1. The first kappa shape index (κ1) is 33.9. The van der Waals surface area contributed by atoms with Crippen LogP contribution in [0.4, 0.5) is 0 Å². The molecule has 0 fully saturated rings. The molecule has 226 valence electrons. The molecule has 9 nitrogen and oxygen atoms in total. The molecule has 0 aliphatic rings.